The van der Waals surface area contributed by atoms with E-state index >= 15 is 0 Å². The summed E-state index contributed by atoms with van der Waals surface area (Å²) in [7, 11) is 1.77. The van der Waals surface area contributed by atoms with Gasteiger partial charge in [-0.15, -0.1) is 0 Å². The summed E-state index contributed by atoms with van der Waals surface area (Å²) in [6, 6.07) is 3.90. The number of anilines is 1. The standard InChI is InChI=1S/C14H23N3O/c1-18-9-7-14(5-6-14)11-16-8-4-13-3-2-12(15)10-17-13/h2-3,10,16H,4-9,11,15H2,1H3. The Labute approximate surface area is 109 Å². The fraction of sp³-hybridized carbons (Fsp3) is 0.643. The maximum atomic E-state index is 5.60. The molecule has 1 saturated carbocycles. The van der Waals surface area contributed by atoms with E-state index in [-0.39, 0.29) is 0 Å². The van der Waals surface area contributed by atoms with Crippen LogP contribution in [0.4, 0.5) is 5.69 Å². The normalized spacial score (nSPS) is 16.7. The zero-order valence-electron chi connectivity index (χ0n) is 11.1. The minimum Gasteiger partial charge on any atom is -0.397 e. The van der Waals surface area contributed by atoms with Gasteiger partial charge in [-0.3, -0.25) is 4.98 Å². The molecule has 0 amide bonds. The molecule has 1 aromatic rings. The number of nitrogens with zero attached hydrogens (tertiary/aromatic N) is 1. The van der Waals surface area contributed by atoms with E-state index in [9.17, 15) is 0 Å². The van der Waals surface area contributed by atoms with Crippen molar-refractivity contribution in [1.82, 2.24) is 10.3 Å². The highest BCUT2D eigenvalue weighted by Crippen LogP contribution is 2.48. The van der Waals surface area contributed by atoms with Gasteiger partial charge in [0.2, 0.25) is 0 Å². The molecule has 1 aliphatic carbocycles. The number of methoxy groups -OCH3 is 1. The summed E-state index contributed by atoms with van der Waals surface area (Å²) in [6.45, 7) is 2.96. The van der Waals surface area contributed by atoms with E-state index in [1.807, 2.05) is 12.1 Å². The Kier molecular flexibility index (Phi) is 4.55. The summed E-state index contributed by atoms with van der Waals surface area (Å²) in [4.78, 5) is 4.29. The van der Waals surface area contributed by atoms with Crippen molar-refractivity contribution in [3.63, 3.8) is 0 Å². The fourth-order valence-corrected chi connectivity index (χ4v) is 2.16. The minimum absolute atomic E-state index is 0.518. The molecule has 1 aromatic heterocycles. The van der Waals surface area contributed by atoms with E-state index < -0.39 is 0 Å². The molecule has 1 fully saturated rings. The summed E-state index contributed by atoms with van der Waals surface area (Å²) in [5, 5.41) is 3.53. The van der Waals surface area contributed by atoms with Crippen molar-refractivity contribution in [3.8, 4) is 0 Å². The van der Waals surface area contributed by atoms with E-state index in [0.717, 1.165) is 37.5 Å². The van der Waals surface area contributed by atoms with Crippen LogP contribution in [0.2, 0.25) is 0 Å². The third-order valence-corrected chi connectivity index (χ3v) is 3.70. The molecule has 1 heterocycles. The van der Waals surface area contributed by atoms with Gasteiger partial charge in [0, 0.05) is 38.9 Å². The first-order chi connectivity index (χ1) is 8.74. The van der Waals surface area contributed by atoms with E-state index in [4.69, 9.17) is 10.5 Å². The van der Waals surface area contributed by atoms with E-state index in [0.29, 0.717) is 5.41 Å². The van der Waals surface area contributed by atoms with Crippen molar-refractivity contribution < 1.29 is 4.74 Å². The topological polar surface area (TPSA) is 60.2 Å². The molecular weight excluding hydrogens is 226 g/mol. The monoisotopic (exact) mass is 249 g/mol. The van der Waals surface area contributed by atoms with Crippen LogP contribution in [0, 0.1) is 5.41 Å². The maximum Gasteiger partial charge on any atom is 0.0501 e. The summed E-state index contributed by atoms with van der Waals surface area (Å²) < 4.78 is 5.15. The highest BCUT2D eigenvalue weighted by molar-refractivity contribution is 5.34. The zero-order chi connectivity index (χ0) is 12.8. The van der Waals surface area contributed by atoms with Crippen LogP contribution >= 0.6 is 0 Å². The van der Waals surface area contributed by atoms with Crippen molar-refractivity contribution in [2.24, 2.45) is 5.41 Å². The molecule has 18 heavy (non-hydrogen) atoms. The second-order valence-electron chi connectivity index (χ2n) is 5.25. The number of ether oxygens (including phenoxy) is 1. The second-order valence-corrected chi connectivity index (χ2v) is 5.25. The molecule has 100 valence electrons. The third-order valence-electron chi connectivity index (χ3n) is 3.70. The van der Waals surface area contributed by atoms with Crippen molar-refractivity contribution in [3.05, 3.63) is 24.0 Å². The van der Waals surface area contributed by atoms with Gasteiger partial charge in [-0.2, -0.15) is 0 Å². The summed E-state index contributed by atoms with van der Waals surface area (Å²) in [5.41, 5.74) is 7.94. The Balaban J connectivity index is 1.62. The number of nitrogens with two attached hydrogens (primary N) is 1. The largest absolute Gasteiger partial charge is 0.397 e. The van der Waals surface area contributed by atoms with Gasteiger partial charge in [0.05, 0.1) is 11.9 Å². The first-order valence-corrected chi connectivity index (χ1v) is 6.64. The van der Waals surface area contributed by atoms with Crippen LogP contribution in [0.1, 0.15) is 25.0 Å². The third kappa shape index (κ3) is 3.96. The summed E-state index contributed by atoms with van der Waals surface area (Å²) >= 11 is 0. The molecule has 3 N–H and O–H groups in total. The quantitative estimate of drug-likeness (QED) is 0.687. The Bertz CT molecular complexity index is 360. The molecule has 0 spiro atoms. The van der Waals surface area contributed by atoms with E-state index in [2.05, 4.69) is 10.3 Å². The first-order valence-electron chi connectivity index (χ1n) is 6.64. The number of pyridine rings is 1. The first kappa shape index (κ1) is 13.3. The van der Waals surface area contributed by atoms with Gasteiger partial charge in [0.1, 0.15) is 0 Å². The molecule has 4 heteroatoms. The summed E-state index contributed by atoms with van der Waals surface area (Å²) in [6.07, 6.45) is 6.53. The summed E-state index contributed by atoms with van der Waals surface area (Å²) in [5.74, 6) is 0. The average molecular weight is 249 g/mol. The Morgan fingerprint density at radius 1 is 1.44 bits per heavy atom. The van der Waals surface area contributed by atoms with Crippen molar-refractivity contribution >= 4 is 5.69 Å². The van der Waals surface area contributed by atoms with Crippen molar-refractivity contribution in [2.45, 2.75) is 25.7 Å². The molecule has 2 rings (SSSR count). The van der Waals surface area contributed by atoms with Gasteiger partial charge >= 0.3 is 0 Å². The molecule has 0 radical (unpaired) electrons. The highest BCUT2D eigenvalue weighted by Gasteiger charge is 2.41. The van der Waals surface area contributed by atoms with Crippen LogP contribution in [0.15, 0.2) is 18.3 Å². The van der Waals surface area contributed by atoms with Crippen LogP contribution in [0.5, 0.6) is 0 Å². The smallest absolute Gasteiger partial charge is 0.0501 e. The molecule has 0 bridgehead atoms. The Morgan fingerprint density at radius 2 is 2.28 bits per heavy atom. The molecule has 0 aromatic carbocycles. The minimum atomic E-state index is 0.518. The van der Waals surface area contributed by atoms with Gasteiger partial charge in [-0.05, 0) is 36.8 Å². The van der Waals surface area contributed by atoms with Crippen LogP contribution in [-0.2, 0) is 11.2 Å². The molecule has 0 unspecified atom stereocenters. The molecule has 0 aliphatic heterocycles. The number of hydrogen-bond donors (Lipinski definition) is 2. The lowest BCUT2D eigenvalue weighted by Gasteiger charge is -2.15. The molecule has 0 saturated heterocycles. The zero-order valence-corrected chi connectivity index (χ0v) is 11.1. The number of rotatable bonds is 8. The van der Waals surface area contributed by atoms with Crippen LogP contribution in [0.25, 0.3) is 0 Å². The Hall–Kier alpha value is -1.13. The van der Waals surface area contributed by atoms with Crippen LogP contribution < -0.4 is 11.1 Å². The van der Waals surface area contributed by atoms with E-state index in [1.165, 1.54) is 19.3 Å². The second kappa shape index (κ2) is 6.16. The molecular formula is C14H23N3O. The predicted octanol–water partition coefficient (Wildman–Crippen LogP) is 1.61. The number of nitrogens with one attached hydrogen (secondary N) is 1. The van der Waals surface area contributed by atoms with Gasteiger partial charge in [-0.25, -0.2) is 0 Å². The van der Waals surface area contributed by atoms with Gasteiger partial charge in [0.25, 0.3) is 0 Å². The van der Waals surface area contributed by atoms with Gasteiger partial charge < -0.3 is 15.8 Å². The van der Waals surface area contributed by atoms with Crippen molar-refractivity contribution in [1.29, 1.82) is 0 Å². The highest BCUT2D eigenvalue weighted by atomic mass is 16.5. The molecule has 4 nitrogen and oxygen atoms in total. The predicted molar refractivity (Wildman–Crippen MR) is 73.4 cm³/mol. The Morgan fingerprint density at radius 3 is 2.89 bits per heavy atom. The average Bonchev–Trinajstić information content (AvgIpc) is 3.15. The lowest BCUT2D eigenvalue weighted by atomic mass is 10.0. The lowest BCUT2D eigenvalue weighted by molar-refractivity contribution is 0.171. The SMILES string of the molecule is COCCC1(CNCCc2ccc(N)cn2)CC1. The van der Waals surface area contributed by atoms with Crippen LogP contribution in [-0.4, -0.2) is 31.8 Å². The van der Waals surface area contributed by atoms with Crippen LogP contribution in [0.3, 0.4) is 0 Å². The fourth-order valence-electron chi connectivity index (χ4n) is 2.16. The van der Waals surface area contributed by atoms with Gasteiger partial charge in [0.15, 0.2) is 0 Å². The molecule has 0 atom stereocenters. The number of nitrogen functional groups attached to an aromatic ring is 1. The van der Waals surface area contributed by atoms with Crippen molar-refractivity contribution in [2.75, 3.05) is 32.5 Å². The number of aromatic nitrogens is 1. The maximum absolute atomic E-state index is 5.60. The molecule has 1 aliphatic rings. The lowest BCUT2D eigenvalue weighted by Crippen LogP contribution is -2.27. The van der Waals surface area contributed by atoms with E-state index in [1.54, 1.807) is 13.3 Å². The van der Waals surface area contributed by atoms with Gasteiger partial charge in [-0.1, -0.05) is 0 Å². The number of hydrogen-bond acceptors (Lipinski definition) is 4.